The number of aromatic nitrogens is 1. The maximum Gasteiger partial charge on any atom is 0.417 e. The first-order chi connectivity index (χ1) is 13.7. The van der Waals surface area contributed by atoms with Crippen molar-refractivity contribution < 1.29 is 27.2 Å². The lowest BCUT2D eigenvalue weighted by Crippen LogP contribution is -2.51. The average Bonchev–Trinajstić information content (AvgIpc) is 3.23. The number of carbonyl (C=O) groups is 2. The Balaban J connectivity index is 1.46. The van der Waals surface area contributed by atoms with Crippen molar-refractivity contribution >= 4 is 17.6 Å². The van der Waals surface area contributed by atoms with E-state index in [2.05, 4.69) is 15.6 Å². The van der Waals surface area contributed by atoms with Gasteiger partial charge in [0.1, 0.15) is 18.1 Å². The summed E-state index contributed by atoms with van der Waals surface area (Å²) in [5, 5.41) is 5.50. The van der Waals surface area contributed by atoms with E-state index in [0.717, 1.165) is 12.3 Å². The molecule has 2 aromatic rings. The first kappa shape index (κ1) is 20.7. The van der Waals surface area contributed by atoms with E-state index in [0.29, 0.717) is 37.3 Å². The van der Waals surface area contributed by atoms with E-state index in [1.54, 1.807) is 6.92 Å². The molecule has 0 aromatic carbocycles. The predicted octanol–water partition coefficient (Wildman–Crippen LogP) is 2.60. The van der Waals surface area contributed by atoms with Crippen LogP contribution in [0.3, 0.4) is 0 Å². The molecule has 0 bridgehead atoms. The van der Waals surface area contributed by atoms with Crippen molar-refractivity contribution in [2.75, 3.05) is 18.0 Å². The summed E-state index contributed by atoms with van der Waals surface area (Å²) in [6.07, 6.45) is 0.331. The van der Waals surface area contributed by atoms with Gasteiger partial charge in [-0.3, -0.25) is 9.59 Å². The van der Waals surface area contributed by atoms with Crippen molar-refractivity contribution in [1.29, 1.82) is 0 Å². The third-order valence-electron chi connectivity index (χ3n) is 4.76. The number of halogens is 3. The Labute approximate surface area is 165 Å². The zero-order valence-corrected chi connectivity index (χ0v) is 15.7. The Bertz CT molecular complexity index is 829. The fraction of sp³-hybridized carbons (Fsp3) is 0.421. The van der Waals surface area contributed by atoms with Gasteiger partial charge in [0.05, 0.1) is 17.4 Å². The molecule has 1 aliphatic heterocycles. The van der Waals surface area contributed by atoms with Crippen molar-refractivity contribution in [2.24, 2.45) is 0 Å². The van der Waals surface area contributed by atoms with Gasteiger partial charge in [-0.25, -0.2) is 4.98 Å². The third-order valence-corrected chi connectivity index (χ3v) is 4.76. The Morgan fingerprint density at radius 2 is 1.97 bits per heavy atom. The van der Waals surface area contributed by atoms with Crippen LogP contribution in [0.25, 0.3) is 0 Å². The van der Waals surface area contributed by atoms with E-state index < -0.39 is 23.7 Å². The summed E-state index contributed by atoms with van der Waals surface area (Å²) in [4.78, 5) is 30.1. The maximum atomic E-state index is 12.6. The highest BCUT2D eigenvalue weighted by molar-refractivity contribution is 5.97. The number of rotatable bonds is 5. The molecule has 0 radical (unpaired) electrons. The minimum atomic E-state index is -4.41. The number of furan rings is 1. The highest BCUT2D eigenvalue weighted by Gasteiger charge is 2.31. The molecule has 1 aliphatic rings. The molecule has 2 N–H and O–H groups in total. The summed E-state index contributed by atoms with van der Waals surface area (Å²) in [6, 6.07) is 3.08. The molecule has 3 heterocycles. The monoisotopic (exact) mass is 410 g/mol. The molecule has 7 nitrogen and oxygen atoms in total. The van der Waals surface area contributed by atoms with Gasteiger partial charge in [-0.05, 0) is 38.0 Å². The molecule has 1 atom stereocenters. The van der Waals surface area contributed by atoms with Gasteiger partial charge in [0.25, 0.3) is 5.91 Å². The van der Waals surface area contributed by atoms with Crippen molar-refractivity contribution in [3.63, 3.8) is 0 Å². The Morgan fingerprint density at radius 3 is 2.52 bits per heavy atom. The van der Waals surface area contributed by atoms with Gasteiger partial charge in [-0.2, -0.15) is 13.2 Å². The molecule has 2 amide bonds. The molecule has 0 saturated carbocycles. The second kappa shape index (κ2) is 8.54. The van der Waals surface area contributed by atoms with E-state index in [1.165, 1.54) is 24.7 Å². The summed E-state index contributed by atoms with van der Waals surface area (Å²) in [7, 11) is 0. The standard InChI is InChI=1S/C19H21F3N4O3/c1-12(24-18(28)13-6-9-29-11-13)17(27)25-15-4-7-26(8-5-15)16-3-2-14(10-23-16)19(20,21)22/h2-3,6,9-12,15H,4-5,7-8H2,1H3,(H,24,28)(H,25,27)/t12-/m0/s1. The molecule has 2 aromatic heterocycles. The smallest absolute Gasteiger partial charge is 0.417 e. The van der Waals surface area contributed by atoms with Gasteiger partial charge in [-0.15, -0.1) is 0 Å². The summed E-state index contributed by atoms with van der Waals surface area (Å²) in [6.45, 7) is 2.70. The van der Waals surface area contributed by atoms with Crippen LogP contribution in [-0.4, -0.2) is 42.0 Å². The normalized spacial score (nSPS) is 16.3. The number of alkyl halides is 3. The number of hydrogen-bond donors (Lipinski definition) is 2. The lowest BCUT2D eigenvalue weighted by Gasteiger charge is -2.33. The van der Waals surface area contributed by atoms with Gasteiger partial charge in [0.2, 0.25) is 5.91 Å². The molecule has 0 unspecified atom stereocenters. The summed E-state index contributed by atoms with van der Waals surface area (Å²) >= 11 is 0. The second-order valence-corrected chi connectivity index (χ2v) is 6.88. The molecule has 1 saturated heterocycles. The van der Waals surface area contributed by atoms with Crippen molar-refractivity contribution in [3.8, 4) is 0 Å². The van der Waals surface area contributed by atoms with Crippen molar-refractivity contribution in [1.82, 2.24) is 15.6 Å². The predicted molar refractivity (Wildman–Crippen MR) is 98.3 cm³/mol. The Kier molecular flexibility index (Phi) is 6.09. The lowest BCUT2D eigenvalue weighted by atomic mass is 10.0. The largest absolute Gasteiger partial charge is 0.472 e. The number of piperidine rings is 1. The molecule has 0 spiro atoms. The van der Waals surface area contributed by atoms with Crippen LogP contribution in [0.5, 0.6) is 0 Å². The lowest BCUT2D eigenvalue weighted by molar-refractivity contribution is -0.137. The maximum absolute atomic E-state index is 12.6. The quantitative estimate of drug-likeness (QED) is 0.791. The van der Waals surface area contributed by atoms with Crippen LogP contribution >= 0.6 is 0 Å². The number of nitrogens with one attached hydrogen (secondary N) is 2. The van der Waals surface area contributed by atoms with Gasteiger partial charge in [0.15, 0.2) is 0 Å². The zero-order chi connectivity index (χ0) is 21.0. The first-order valence-electron chi connectivity index (χ1n) is 9.15. The number of pyridine rings is 1. The van der Waals surface area contributed by atoms with Crippen LogP contribution in [0.1, 0.15) is 35.7 Å². The molecule has 29 heavy (non-hydrogen) atoms. The highest BCUT2D eigenvalue weighted by atomic mass is 19.4. The summed E-state index contributed by atoms with van der Waals surface area (Å²) in [5.74, 6) is -0.221. The second-order valence-electron chi connectivity index (χ2n) is 6.88. The highest BCUT2D eigenvalue weighted by Crippen LogP contribution is 2.29. The van der Waals surface area contributed by atoms with E-state index >= 15 is 0 Å². The summed E-state index contributed by atoms with van der Waals surface area (Å²) in [5.41, 5.74) is -0.447. The fourth-order valence-electron chi connectivity index (χ4n) is 3.06. The van der Waals surface area contributed by atoms with Crippen molar-refractivity contribution in [2.45, 2.75) is 38.0 Å². The van der Waals surface area contributed by atoms with Crippen LogP contribution in [-0.2, 0) is 11.0 Å². The van der Waals surface area contributed by atoms with Crippen LogP contribution in [0.15, 0.2) is 41.3 Å². The zero-order valence-electron chi connectivity index (χ0n) is 15.7. The van der Waals surface area contributed by atoms with Gasteiger partial charge in [-0.1, -0.05) is 0 Å². The van der Waals surface area contributed by atoms with E-state index in [1.807, 2.05) is 4.90 Å². The fourth-order valence-corrected chi connectivity index (χ4v) is 3.06. The van der Waals surface area contributed by atoms with Crippen LogP contribution in [0.4, 0.5) is 19.0 Å². The molecule has 10 heteroatoms. The van der Waals surface area contributed by atoms with Crippen LogP contribution in [0.2, 0.25) is 0 Å². The minimum absolute atomic E-state index is 0.0820. The van der Waals surface area contributed by atoms with Crippen LogP contribution in [0, 0.1) is 0 Å². The number of carbonyl (C=O) groups excluding carboxylic acids is 2. The SMILES string of the molecule is C[C@H](NC(=O)c1ccoc1)C(=O)NC1CCN(c2ccc(C(F)(F)F)cn2)CC1. The van der Waals surface area contributed by atoms with E-state index in [-0.39, 0.29) is 11.9 Å². The molecule has 3 rings (SSSR count). The van der Waals surface area contributed by atoms with Gasteiger partial charge in [0, 0.05) is 25.3 Å². The number of hydrogen-bond acceptors (Lipinski definition) is 5. The topological polar surface area (TPSA) is 87.5 Å². The number of nitrogens with zero attached hydrogens (tertiary/aromatic N) is 2. The van der Waals surface area contributed by atoms with Gasteiger partial charge < -0.3 is 20.0 Å². The Morgan fingerprint density at radius 1 is 1.24 bits per heavy atom. The molecule has 0 aliphatic carbocycles. The molecule has 156 valence electrons. The molecule has 1 fully saturated rings. The third kappa shape index (κ3) is 5.27. The summed E-state index contributed by atoms with van der Waals surface area (Å²) < 4.78 is 42.7. The number of amides is 2. The number of anilines is 1. The Hall–Kier alpha value is -3.04. The molecular weight excluding hydrogens is 389 g/mol. The van der Waals surface area contributed by atoms with E-state index in [4.69, 9.17) is 4.42 Å². The first-order valence-corrected chi connectivity index (χ1v) is 9.15. The van der Waals surface area contributed by atoms with E-state index in [9.17, 15) is 22.8 Å². The van der Waals surface area contributed by atoms with Gasteiger partial charge >= 0.3 is 6.18 Å². The average molecular weight is 410 g/mol. The van der Waals surface area contributed by atoms with Crippen molar-refractivity contribution in [3.05, 3.63) is 48.0 Å². The van der Waals surface area contributed by atoms with Crippen LogP contribution < -0.4 is 15.5 Å². The minimum Gasteiger partial charge on any atom is -0.472 e. The molecular formula is C19H21F3N4O3.